The average Bonchev–Trinajstić information content (AvgIpc) is 2.96. The first-order valence-electron chi connectivity index (χ1n) is 10.3. The second-order valence-corrected chi connectivity index (χ2v) is 7.54. The van der Waals surface area contributed by atoms with E-state index in [1.807, 2.05) is 18.2 Å². The summed E-state index contributed by atoms with van der Waals surface area (Å²) in [5.74, 6) is -1.25. The van der Waals surface area contributed by atoms with Crippen LogP contribution in [0.25, 0.3) is 0 Å². The van der Waals surface area contributed by atoms with Crippen molar-refractivity contribution in [3.63, 3.8) is 0 Å². The normalized spacial score (nSPS) is 16.8. The molecule has 1 aliphatic rings. The topological polar surface area (TPSA) is 91.0 Å². The van der Waals surface area contributed by atoms with Gasteiger partial charge in [-0.1, -0.05) is 36.4 Å². The highest BCUT2D eigenvalue weighted by Crippen LogP contribution is 2.17. The van der Waals surface area contributed by atoms with E-state index >= 15 is 0 Å². The summed E-state index contributed by atoms with van der Waals surface area (Å²) in [6, 6.07) is 17.1. The second-order valence-electron chi connectivity index (χ2n) is 7.54. The van der Waals surface area contributed by atoms with Gasteiger partial charge >= 0.3 is 17.9 Å². The number of anilines is 2. The lowest BCUT2D eigenvalue weighted by Gasteiger charge is -2.26. The van der Waals surface area contributed by atoms with Crippen LogP contribution in [0.5, 0.6) is 0 Å². The summed E-state index contributed by atoms with van der Waals surface area (Å²) in [6.45, 7) is 4.69. The Balaban J connectivity index is 1.58. The van der Waals surface area contributed by atoms with Gasteiger partial charge < -0.3 is 15.0 Å². The predicted octanol–water partition coefficient (Wildman–Crippen LogP) is 2.93. The molecule has 0 bridgehead atoms. The van der Waals surface area contributed by atoms with Crippen molar-refractivity contribution in [1.82, 2.24) is 9.80 Å². The van der Waals surface area contributed by atoms with E-state index in [1.165, 1.54) is 12.7 Å². The molecule has 0 aliphatic carbocycles. The Hall–Kier alpha value is -3.39. The Morgan fingerprint density at radius 1 is 0.968 bits per heavy atom. The van der Waals surface area contributed by atoms with Crippen LogP contribution < -0.4 is 10.6 Å². The number of benzene rings is 2. The Labute approximate surface area is 182 Å². The standard InChI is InChI=1S/C23H28N4O4/c1-17-11-12-26(13-14-27(17)16-18-7-4-3-5-8-18)22(29)21(28)24-19-9-6-10-20(15-19)25-23(30)31-2/h3-10,15,17H,11-14,16H2,1-2H3,(H,24,28)(H,25,30). The number of hydrogen-bond donors (Lipinski definition) is 2. The smallest absolute Gasteiger partial charge is 0.411 e. The molecule has 1 heterocycles. The van der Waals surface area contributed by atoms with Crippen LogP contribution >= 0.6 is 0 Å². The van der Waals surface area contributed by atoms with Gasteiger partial charge in [0, 0.05) is 43.6 Å². The SMILES string of the molecule is COC(=O)Nc1cccc(NC(=O)C(=O)N2CCC(C)N(Cc3ccccc3)CC2)c1. The molecule has 2 aromatic carbocycles. The van der Waals surface area contributed by atoms with E-state index in [0.29, 0.717) is 37.1 Å². The molecule has 1 saturated heterocycles. The lowest BCUT2D eigenvalue weighted by molar-refractivity contribution is -0.143. The molecule has 3 amide bonds. The van der Waals surface area contributed by atoms with Gasteiger partial charge in [-0.05, 0) is 37.1 Å². The Morgan fingerprint density at radius 3 is 2.39 bits per heavy atom. The molecule has 1 aliphatic heterocycles. The van der Waals surface area contributed by atoms with Crippen molar-refractivity contribution in [2.24, 2.45) is 0 Å². The fraction of sp³-hybridized carbons (Fsp3) is 0.348. The zero-order valence-corrected chi connectivity index (χ0v) is 17.8. The quantitative estimate of drug-likeness (QED) is 0.737. The van der Waals surface area contributed by atoms with Crippen molar-refractivity contribution in [3.05, 3.63) is 60.2 Å². The highest BCUT2D eigenvalue weighted by Gasteiger charge is 2.27. The van der Waals surface area contributed by atoms with E-state index in [0.717, 1.165) is 13.0 Å². The number of amides is 3. The molecule has 3 rings (SSSR count). The summed E-state index contributed by atoms with van der Waals surface area (Å²) in [4.78, 5) is 40.6. The molecular weight excluding hydrogens is 396 g/mol. The summed E-state index contributed by atoms with van der Waals surface area (Å²) in [7, 11) is 1.27. The second kappa shape index (κ2) is 10.6. The first-order valence-corrected chi connectivity index (χ1v) is 10.3. The number of nitrogens with one attached hydrogen (secondary N) is 2. The number of carbonyl (C=O) groups is 3. The average molecular weight is 425 g/mol. The van der Waals surface area contributed by atoms with Gasteiger partial charge in [0.1, 0.15) is 0 Å². The van der Waals surface area contributed by atoms with E-state index in [-0.39, 0.29) is 0 Å². The van der Waals surface area contributed by atoms with Gasteiger partial charge in [0.2, 0.25) is 0 Å². The molecule has 2 aromatic rings. The minimum absolute atomic E-state index is 0.308. The van der Waals surface area contributed by atoms with Crippen LogP contribution in [0.1, 0.15) is 18.9 Å². The van der Waals surface area contributed by atoms with Crippen molar-refractivity contribution in [2.45, 2.75) is 25.9 Å². The molecule has 0 saturated carbocycles. The Morgan fingerprint density at radius 2 is 1.68 bits per heavy atom. The summed E-state index contributed by atoms with van der Waals surface area (Å²) >= 11 is 0. The Kier molecular flexibility index (Phi) is 7.61. The van der Waals surface area contributed by atoms with Gasteiger partial charge in [0.05, 0.1) is 7.11 Å². The van der Waals surface area contributed by atoms with E-state index < -0.39 is 17.9 Å². The fourth-order valence-corrected chi connectivity index (χ4v) is 3.53. The lowest BCUT2D eigenvalue weighted by Crippen LogP contribution is -2.41. The van der Waals surface area contributed by atoms with Crippen LogP contribution in [-0.4, -0.2) is 60.5 Å². The summed E-state index contributed by atoms with van der Waals surface area (Å²) in [6.07, 6.45) is 0.183. The van der Waals surface area contributed by atoms with Gasteiger partial charge in [-0.25, -0.2) is 4.79 Å². The van der Waals surface area contributed by atoms with E-state index in [2.05, 4.69) is 39.3 Å². The molecule has 1 fully saturated rings. The van der Waals surface area contributed by atoms with Crippen molar-refractivity contribution in [3.8, 4) is 0 Å². The highest BCUT2D eigenvalue weighted by molar-refractivity contribution is 6.39. The summed E-state index contributed by atoms with van der Waals surface area (Å²) < 4.78 is 4.56. The van der Waals surface area contributed by atoms with E-state index in [1.54, 1.807) is 29.2 Å². The zero-order chi connectivity index (χ0) is 22.2. The third kappa shape index (κ3) is 6.29. The van der Waals surface area contributed by atoms with Gasteiger partial charge in [0.15, 0.2) is 0 Å². The molecule has 0 aromatic heterocycles. The summed E-state index contributed by atoms with van der Waals surface area (Å²) in [5.41, 5.74) is 2.10. The molecule has 164 valence electrons. The van der Waals surface area contributed by atoms with E-state index in [9.17, 15) is 14.4 Å². The van der Waals surface area contributed by atoms with Crippen LogP contribution in [0.15, 0.2) is 54.6 Å². The molecule has 31 heavy (non-hydrogen) atoms. The van der Waals surface area contributed by atoms with Gasteiger partial charge in [0.25, 0.3) is 0 Å². The maximum atomic E-state index is 12.7. The minimum atomic E-state index is -0.695. The zero-order valence-electron chi connectivity index (χ0n) is 17.8. The third-order valence-corrected chi connectivity index (χ3v) is 5.36. The van der Waals surface area contributed by atoms with Crippen molar-refractivity contribution in [2.75, 3.05) is 37.4 Å². The van der Waals surface area contributed by atoms with Crippen LogP contribution in [0.3, 0.4) is 0 Å². The highest BCUT2D eigenvalue weighted by atomic mass is 16.5. The Bertz CT molecular complexity index is 919. The number of ether oxygens (including phenoxy) is 1. The number of rotatable bonds is 4. The lowest BCUT2D eigenvalue weighted by atomic mass is 10.1. The van der Waals surface area contributed by atoms with Crippen LogP contribution in [-0.2, 0) is 20.9 Å². The van der Waals surface area contributed by atoms with Crippen molar-refractivity contribution >= 4 is 29.3 Å². The van der Waals surface area contributed by atoms with Crippen LogP contribution in [0, 0.1) is 0 Å². The monoisotopic (exact) mass is 424 g/mol. The van der Waals surface area contributed by atoms with Gasteiger partial charge in [-0.3, -0.25) is 19.8 Å². The molecule has 0 spiro atoms. The number of nitrogens with zero attached hydrogens (tertiary/aromatic N) is 2. The number of hydrogen-bond acceptors (Lipinski definition) is 5. The van der Waals surface area contributed by atoms with Gasteiger partial charge in [-0.15, -0.1) is 0 Å². The predicted molar refractivity (Wildman–Crippen MR) is 119 cm³/mol. The first kappa shape index (κ1) is 22.3. The maximum Gasteiger partial charge on any atom is 0.411 e. The molecule has 2 N–H and O–H groups in total. The van der Waals surface area contributed by atoms with Gasteiger partial charge in [-0.2, -0.15) is 0 Å². The third-order valence-electron chi connectivity index (χ3n) is 5.36. The summed E-state index contributed by atoms with van der Waals surface area (Å²) in [5, 5.41) is 5.14. The van der Waals surface area contributed by atoms with Crippen molar-refractivity contribution < 1.29 is 19.1 Å². The van der Waals surface area contributed by atoms with E-state index in [4.69, 9.17) is 0 Å². The molecule has 8 heteroatoms. The van der Waals surface area contributed by atoms with Crippen LogP contribution in [0.4, 0.5) is 16.2 Å². The molecule has 8 nitrogen and oxygen atoms in total. The largest absolute Gasteiger partial charge is 0.453 e. The number of methoxy groups -OCH3 is 1. The van der Waals surface area contributed by atoms with Crippen LogP contribution in [0.2, 0.25) is 0 Å². The minimum Gasteiger partial charge on any atom is -0.453 e. The molecule has 0 radical (unpaired) electrons. The molecule has 1 unspecified atom stereocenters. The first-order chi connectivity index (χ1) is 15.0. The molecular formula is C23H28N4O4. The van der Waals surface area contributed by atoms with Crippen molar-refractivity contribution in [1.29, 1.82) is 0 Å². The fourth-order valence-electron chi connectivity index (χ4n) is 3.53. The molecule has 1 atom stereocenters. The number of carbonyl (C=O) groups excluding carboxylic acids is 3. The maximum absolute atomic E-state index is 12.7.